The van der Waals surface area contributed by atoms with Crippen LogP contribution in [0.5, 0.6) is 0 Å². The van der Waals surface area contributed by atoms with E-state index in [-0.39, 0.29) is 17.5 Å². The molecule has 0 radical (unpaired) electrons. The molecule has 2 aliphatic rings. The highest BCUT2D eigenvalue weighted by molar-refractivity contribution is 5.78. The van der Waals surface area contributed by atoms with Crippen LogP contribution in [-0.4, -0.2) is 25.3 Å². The molecule has 21 heavy (non-hydrogen) atoms. The van der Waals surface area contributed by atoms with E-state index in [9.17, 15) is 4.79 Å². The third kappa shape index (κ3) is 3.61. The molecule has 122 valence electrons. The summed E-state index contributed by atoms with van der Waals surface area (Å²) < 4.78 is 11.7. The van der Waals surface area contributed by atoms with Crippen molar-refractivity contribution in [1.82, 2.24) is 0 Å². The number of carbonyl (C=O) groups excluding carboxylic acids is 1. The zero-order chi connectivity index (χ0) is 15.3. The molecular weight excluding hydrogens is 264 g/mol. The van der Waals surface area contributed by atoms with Crippen LogP contribution in [-0.2, 0) is 14.3 Å². The topological polar surface area (TPSA) is 35.5 Å². The molecule has 2 unspecified atom stereocenters. The Balaban J connectivity index is 2.18. The van der Waals surface area contributed by atoms with Crippen LogP contribution in [0.2, 0.25) is 0 Å². The Bertz CT molecular complexity index is 333. The molecule has 2 fully saturated rings. The van der Waals surface area contributed by atoms with E-state index in [4.69, 9.17) is 9.47 Å². The van der Waals surface area contributed by atoms with Crippen LogP contribution in [0.1, 0.15) is 72.1 Å². The van der Waals surface area contributed by atoms with Crippen molar-refractivity contribution in [2.75, 3.05) is 13.2 Å². The van der Waals surface area contributed by atoms with Gasteiger partial charge in [-0.3, -0.25) is 4.79 Å². The monoisotopic (exact) mass is 296 g/mol. The summed E-state index contributed by atoms with van der Waals surface area (Å²) in [6.07, 6.45) is 9.29. The second-order valence-corrected chi connectivity index (χ2v) is 7.20. The molecule has 0 amide bonds. The summed E-state index contributed by atoms with van der Waals surface area (Å²) in [5, 5.41) is 0. The first-order valence-electron chi connectivity index (χ1n) is 8.90. The number of hydrogen-bond acceptors (Lipinski definition) is 3. The Morgan fingerprint density at radius 2 is 1.86 bits per heavy atom. The minimum Gasteiger partial charge on any atom is -0.465 e. The maximum Gasteiger partial charge on any atom is 0.315 e. The molecule has 0 saturated heterocycles. The van der Waals surface area contributed by atoms with Crippen LogP contribution in [0.3, 0.4) is 0 Å². The molecule has 2 rings (SSSR count). The van der Waals surface area contributed by atoms with Crippen LogP contribution in [0.4, 0.5) is 0 Å². The molecule has 0 heterocycles. The van der Waals surface area contributed by atoms with E-state index in [2.05, 4.69) is 13.8 Å². The summed E-state index contributed by atoms with van der Waals surface area (Å²) in [5.41, 5.74) is -0.356. The highest BCUT2D eigenvalue weighted by atomic mass is 16.5. The smallest absolute Gasteiger partial charge is 0.315 e. The summed E-state index contributed by atoms with van der Waals surface area (Å²) in [7, 11) is 0. The third-order valence-corrected chi connectivity index (χ3v) is 5.26. The largest absolute Gasteiger partial charge is 0.465 e. The van der Waals surface area contributed by atoms with Gasteiger partial charge in [0.15, 0.2) is 0 Å². The highest BCUT2D eigenvalue weighted by Crippen LogP contribution is 2.51. The van der Waals surface area contributed by atoms with Gasteiger partial charge in [0.05, 0.1) is 18.1 Å². The van der Waals surface area contributed by atoms with E-state index < -0.39 is 0 Å². The first-order valence-corrected chi connectivity index (χ1v) is 8.90. The third-order valence-electron chi connectivity index (χ3n) is 5.26. The molecule has 3 nitrogen and oxygen atoms in total. The van der Waals surface area contributed by atoms with Crippen LogP contribution >= 0.6 is 0 Å². The van der Waals surface area contributed by atoms with Gasteiger partial charge >= 0.3 is 5.97 Å². The predicted octanol–water partition coefficient (Wildman–Crippen LogP) is 4.34. The van der Waals surface area contributed by atoms with Gasteiger partial charge < -0.3 is 9.47 Å². The standard InChI is InChI=1S/C18H32O3/c1-4-20-16-11-8-12-18(16,15-9-6-5-7-10-15)17(19)21-13-14(2)3/h14-16H,4-13H2,1-3H3. The second kappa shape index (κ2) is 7.62. The number of ether oxygens (including phenoxy) is 2. The lowest BCUT2D eigenvalue weighted by atomic mass is 9.66. The van der Waals surface area contributed by atoms with Gasteiger partial charge in [-0.2, -0.15) is 0 Å². The first-order chi connectivity index (χ1) is 10.1. The molecule has 0 bridgehead atoms. The molecule has 0 aromatic rings. The number of hydrogen-bond donors (Lipinski definition) is 0. The number of rotatable bonds is 6. The maximum atomic E-state index is 13.0. The van der Waals surface area contributed by atoms with Crippen molar-refractivity contribution in [3.8, 4) is 0 Å². The molecule has 3 heteroatoms. The molecule has 2 saturated carbocycles. The quantitative estimate of drug-likeness (QED) is 0.684. The molecule has 0 aromatic carbocycles. The van der Waals surface area contributed by atoms with Gasteiger partial charge in [-0.25, -0.2) is 0 Å². The fraction of sp³-hybridized carbons (Fsp3) is 0.944. The predicted molar refractivity (Wildman–Crippen MR) is 84.1 cm³/mol. The first kappa shape index (κ1) is 16.8. The van der Waals surface area contributed by atoms with Gasteiger partial charge in [-0.05, 0) is 50.9 Å². The van der Waals surface area contributed by atoms with Crippen LogP contribution in [0, 0.1) is 17.3 Å². The van der Waals surface area contributed by atoms with Gasteiger partial charge in [0.1, 0.15) is 0 Å². The van der Waals surface area contributed by atoms with E-state index in [1.54, 1.807) is 0 Å². The van der Waals surface area contributed by atoms with E-state index in [0.717, 1.165) is 19.3 Å². The lowest BCUT2D eigenvalue weighted by Gasteiger charge is -2.41. The molecule has 0 N–H and O–H groups in total. The highest BCUT2D eigenvalue weighted by Gasteiger charge is 2.55. The van der Waals surface area contributed by atoms with Crippen LogP contribution < -0.4 is 0 Å². The van der Waals surface area contributed by atoms with Gasteiger partial charge in [-0.1, -0.05) is 33.1 Å². The van der Waals surface area contributed by atoms with Crippen LogP contribution in [0.25, 0.3) is 0 Å². The van der Waals surface area contributed by atoms with Gasteiger partial charge in [0.2, 0.25) is 0 Å². The van der Waals surface area contributed by atoms with Gasteiger partial charge in [0.25, 0.3) is 0 Å². The van der Waals surface area contributed by atoms with E-state index in [0.29, 0.717) is 25.0 Å². The Hall–Kier alpha value is -0.570. The Morgan fingerprint density at radius 3 is 2.48 bits per heavy atom. The molecule has 0 spiro atoms. The fourth-order valence-electron chi connectivity index (χ4n) is 4.29. The Morgan fingerprint density at radius 1 is 1.14 bits per heavy atom. The van der Waals surface area contributed by atoms with Crippen molar-refractivity contribution in [3.05, 3.63) is 0 Å². The average Bonchev–Trinajstić information content (AvgIpc) is 2.91. The zero-order valence-electron chi connectivity index (χ0n) is 14.0. The summed E-state index contributed by atoms with van der Waals surface area (Å²) in [4.78, 5) is 13.0. The number of esters is 1. The summed E-state index contributed by atoms with van der Waals surface area (Å²) >= 11 is 0. The lowest BCUT2D eigenvalue weighted by Crippen LogP contribution is -2.48. The lowest BCUT2D eigenvalue weighted by molar-refractivity contribution is -0.173. The van der Waals surface area contributed by atoms with E-state index in [1.165, 1.54) is 32.1 Å². The maximum absolute atomic E-state index is 13.0. The Labute approximate surface area is 129 Å². The van der Waals surface area contributed by atoms with Gasteiger partial charge in [-0.15, -0.1) is 0 Å². The van der Waals surface area contributed by atoms with Crippen molar-refractivity contribution in [2.45, 2.75) is 78.2 Å². The van der Waals surface area contributed by atoms with Crippen molar-refractivity contribution >= 4 is 5.97 Å². The fourth-order valence-corrected chi connectivity index (χ4v) is 4.29. The van der Waals surface area contributed by atoms with Gasteiger partial charge in [0, 0.05) is 6.61 Å². The molecule has 0 aliphatic heterocycles. The summed E-state index contributed by atoms with van der Waals surface area (Å²) in [6.45, 7) is 7.44. The number of carbonyl (C=O) groups is 1. The molecule has 0 aromatic heterocycles. The molecular formula is C18H32O3. The van der Waals surface area contributed by atoms with Crippen molar-refractivity contribution < 1.29 is 14.3 Å². The summed E-state index contributed by atoms with van der Waals surface area (Å²) in [5.74, 6) is 0.883. The molecule has 2 atom stereocenters. The molecule has 2 aliphatic carbocycles. The van der Waals surface area contributed by atoms with E-state index in [1.807, 2.05) is 6.92 Å². The summed E-state index contributed by atoms with van der Waals surface area (Å²) in [6, 6.07) is 0. The average molecular weight is 296 g/mol. The van der Waals surface area contributed by atoms with Crippen LogP contribution in [0.15, 0.2) is 0 Å². The normalized spacial score (nSPS) is 30.8. The minimum absolute atomic E-state index is 0.0269. The van der Waals surface area contributed by atoms with Crippen molar-refractivity contribution in [2.24, 2.45) is 17.3 Å². The van der Waals surface area contributed by atoms with Crippen molar-refractivity contribution in [1.29, 1.82) is 0 Å². The Kier molecular flexibility index (Phi) is 6.09. The SMILES string of the molecule is CCOC1CCCC1(C(=O)OCC(C)C)C1CCCCC1. The minimum atomic E-state index is -0.356. The van der Waals surface area contributed by atoms with Crippen molar-refractivity contribution in [3.63, 3.8) is 0 Å². The second-order valence-electron chi connectivity index (χ2n) is 7.20. The van der Waals surface area contributed by atoms with E-state index >= 15 is 0 Å². The zero-order valence-corrected chi connectivity index (χ0v) is 14.0.